The monoisotopic (exact) mass is 448 g/mol. The van der Waals surface area contributed by atoms with Gasteiger partial charge in [0.05, 0.1) is 16.8 Å². The molecule has 3 amide bonds. The van der Waals surface area contributed by atoms with Gasteiger partial charge in [0.1, 0.15) is 13.2 Å². The fourth-order valence-electron chi connectivity index (χ4n) is 3.24. The number of halogens is 1. The number of amides is 3. The van der Waals surface area contributed by atoms with E-state index in [1.165, 1.54) is 24.3 Å². The average Bonchev–Trinajstić information content (AvgIpc) is 3.07. The van der Waals surface area contributed by atoms with Gasteiger partial charge in [-0.15, -0.1) is 0 Å². The summed E-state index contributed by atoms with van der Waals surface area (Å²) in [7, 11) is 0. The second-order valence-electron chi connectivity index (χ2n) is 7.01. The highest BCUT2D eigenvalue weighted by Gasteiger charge is 2.36. The number of fused-ring (bicyclic) bond motifs is 1. The summed E-state index contributed by atoms with van der Waals surface area (Å²) in [6, 6.07) is 19.4. The van der Waals surface area contributed by atoms with Crippen LogP contribution in [-0.2, 0) is 16.1 Å². The molecule has 0 fully saturated rings. The number of hydrogen-bond donors (Lipinski definition) is 1. The average molecular weight is 449 g/mol. The lowest BCUT2D eigenvalue weighted by Gasteiger charge is -2.14. The summed E-state index contributed by atoms with van der Waals surface area (Å²) in [5.41, 5.74) is 2.09. The molecule has 3 aromatic carbocycles. The molecule has 3 aromatic rings. The maximum absolute atomic E-state index is 12.6. The summed E-state index contributed by atoms with van der Waals surface area (Å²) in [6.07, 6.45) is 0. The van der Waals surface area contributed by atoms with E-state index in [0.29, 0.717) is 21.8 Å². The van der Waals surface area contributed by atoms with Crippen molar-refractivity contribution >= 4 is 41.0 Å². The first kappa shape index (κ1) is 21.3. The molecule has 1 heterocycles. The Hall–Kier alpha value is -3.97. The first-order valence-corrected chi connectivity index (χ1v) is 10.1. The molecule has 8 heteroatoms. The number of ether oxygens (including phenoxy) is 1. The van der Waals surface area contributed by atoms with Crippen LogP contribution in [0, 0.1) is 0 Å². The summed E-state index contributed by atoms with van der Waals surface area (Å²) >= 11 is 5.81. The van der Waals surface area contributed by atoms with Crippen molar-refractivity contribution in [3.8, 4) is 0 Å². The second-order valence-corrected chi connectivity index (χ2v) is 7.44. The van der Waals surface area contributed by atoms with Crippen LogP contribution in [-0.4, -0.2) is 30.2 Å². The van der Waals surface area contributed by atoms with Crippen molar-refractivity contribution in [2.24, 2.45) is 0 Å². The van der Waals surface area contributed by atoms with Crippen LogP contribution in [0.25, 0.3) is 0 Å². The van der Waals surface area contributed by atoms with Crippen LogP contribution in [0.3, 0.4) is 0 Å². The van der Waals surface area contributed by atoms with Crippen LogP contribution in [0.4, 0.5) is 5.69 Å². The smallest absolute Gasteiger partial charge is 0.325 e. The Morgan fingerprint density at radius 3 is 2.03 bits per heavy atom. The third kappa shape index (κ3) is 4.38. The Morgan fingerprint density at radius 2 is 1.44 bits per heavy atom. The Labute approximate surface area is 188 Å². The fraction of sp³-hybridized carbons (Fsp3) is 0.0833. The number of imide groups is 1. The molecule has 0 spiro atoms. The van der Waals surface area contributed by atoms with Gasteiger partial charge in [-0.05, 0) is 54.1 Å². The van der Waals surface area contributed by atoms with Gasteiger partial charge in [-0.25, -0.2) is 4.90 Å². The van der Waals surface area contributed by atoms with E-state index < -0.39 is 23.7 Å². The summed E-state index contributed by atoms with van der Waals surface area (Å²) < 4.78 is 5.12. The van der Waals surface area contributed by atoms with Crippen LogP contribution in [0.1, 0.15) is 36.6 Å². The van der Waals surface area contributed by atoms with Crippen LogP contribution in [0.15, 0.2) is 72.8 Å². The minimum Gasteiger partial charge on any atom is -0.460 e. The molecule has 1 aliphatic heterocycles. The van der Waals surface area contributed by atoms with E-state index in [4.69, 9.17) is 16.3 Å². The van der Waals surface area contributed by atoms with Crippen LogP contribution in [0.5, 0.6) is 0 Å². The van der Waals surface area contributed by atoms with Gasteiger partial charge in [-0.2, -0.15) is 0 Å². The molecular weight excluding hydrogens is 432 g/mol. The number of rotatable bonds is 6. The van der Waals surface area contributed by atoms with Crippen molar-refractivity contribution in [3.05, 3.63) is 100 Å². The van der Waals surface area contributed by atoms with Crippen molar-refractivity contribution in [2.45, 2.75) is 6.61 Å². The number of anilines is 1. The molecule has 1 aliphatic rings. The van der Waals surface area contributed by atoms with E-state index in [-0.39, 0.29) is 18.7 Å². The lowest BCUT2D eigenvalue weighted by molar-refractivity contribution is -0.143. The van der Waals surface area contributed by atoms with Gasteiger partial charge >= 0.3 is 5.97 Å². The predicted molar refractivity (Wildman–Crippen MR) is 118 cm³/mol. The largest absolute Gasteiger partial charge is 0.460 e. The molecule has 0 radical (unpaired) electrons. The Bertz CT molecular complexity index is 1170. The second kappa shape index (κ2) is 9.03. The highest BCUT2D eigenvalue weighted by molar-refractivity contribution is 6.34. The molecular formula is C24H17ClN2O5. The van der Waals surface area contributed by atoms with Gasteiger partial charge in [0.25, 0.3) is 17.7 Å². The standard InChI is InChI=1S/C24H17ClN2O5/c25-17-9-5-15(6-10-17)14-32-21(28)13-26-22(29)16-7-11-18(12-8-16)27-23(30)19-3-1-2-4-20(19)24(27)31/h1-12H,13-14H2,(H,26,29). The molecule has 7 nitrogen and oxygen atoms in total. The maximum Gasteiger partial charge on any atom is 0.325 e. The molecule has 0 aromatic heterocycles. The van der Waals surface area contributed by atoms with Crippen LogP contribution >= 0.6 is 11.6 Å². The molecule has 32 heavy (non-hydrogen) atoms. The van der Waals surface area contributed by atoms with Crippen molar-refractivity contribution in [3.63, 3.8) is 0 Å². The van der Waals surface area contributed by atoms with E-state index in [1.54, 1.807) is 48.5 Å². The van der Waals surface area contributed by atoms with Gasteiger partial charge < -0.3 is 10.1 Å². The Kier molecular flexibility index (Phi) is 6.00. The molecule has 0 unspecified atom stereocenters. The van der Waals surface area contributed by atoms with Gasteiger partial charge in [0, 0.05) is 10.6 Å². The van der Waals surface area contributed by atoms with Crippen molar-refractivity contribution in [1.82, 2.24) is 5.32 Å². The predicted octanol–water partition coefficient (Wildman–Crippen LogP) is 3.61. The quantitative estimate of drug-likeness (QED) is 0.459. The van der Waals surface area contributed by atoms with Gasteiger partial charge in [0.15, 0.2) is 0 Å². The Morgan fingerprint density at radius 1 is 0.844 bits per heavy atom. The van der Waals surface area contributed by atoms with Crippen LogP contribution in [0.2, 0.25) is 5.02 Å². The molecule has 0 bridgehead atoms. The zero-order valence-electron chi connectivity index (χ0n) is 16.7. The zero-order chi connectivity index (χ0) is 22.7. The molecule has 0 aliphatic carbocycles. The van der Waals surface area contributed by atoms with E-state index >= 15 is 0 Å². The maximum atomic E-state index is 12.6. The zero-order valence-corrected chi connectivity index (χ0v) is 17.5. The summed E-state index contributed by atoms with van der Waals surface area (Å²) in [6.45, 7) is -0.229. The lowest BCUT2D eigenvalue weighted by Crippen LogP contribution is -2.31. The van der Waals surface area contributed by atoms with Crippen molar-refractivity contribution in [1.29, 1.82) is 0 Å². The van der Waals surface area contributed by atoms with E-state index in [1.807, 2.05) is 0 Å². The number of carbonyl (C=O) groups excluding carboxylic acids is 4. The summed E-state index contributed by atoms with van der Waals surface area (Å²) in [5.74, 6) is -1.89. The fourth-order valence-corrected chi connectivity index (χ4v) is 3.36. The minimum atomic E-state index is -0.587. The first-order valence-electron chi connectivity index (χ1n) is 9.70. The van der Waals surface area contributed by atoms with E-state index in [9.17, 15) is 19.2 Å². The van der Waals surface area contributed by atoms with Crippen LogP contribution < -0.4 is 10.2 Å². The number of nitrogens with one attached hydrogen (secondary N) is 1. The minimum absolute atomic E-state index is 0.0703. The van der Waals surface area contributed by atoms with Gasteiger partial charge in [-0.3, -0.25) is 19.2 Å². The molecule has 4 rings (SSSR count). The molecule has 1 N–H and O–H groups in total. The SMILES string of the molecule is O=C(CNC(=O)c1ccc(N2C(=O)c3ccccc3C2=O)cc1)OCc1ccc(Cl)cc1. The Balaban J connectivity index is 1.32. The molecule has 0 saturated heterocycles. The number of carbonyl (C=O) groups is 4. The topological polar surface area (TPSA) is 92.8 Å². The summed E-state index contributed by atoms with van der Waals surface area (Å²) in [4.78, 5) is 50.4. The molecule has 160 valence electrons. The third-order valence-corrected chi connectivity index (χ3v) is 5.14. The number of nitrogens with zero attached hydrogens (tertiary/aromatic N) is 1. The van der Waals surface area contributed by atoms with Crippen molar-refractivity contribution in [2.75, 3.05) is 11.4 Å². The van der Waals surface area contributed by atoms with E-state index in [0.717, 1.165) is 10.5 Å². The summed E-state index contributed by atoms with van der Waals surface area (Å²) in [5, 5.41) is 3.07. The highest BCUT2D eigenvalue weighted by Crippen LogP contribution is 2.28. The molecule has 0 atom stereocenters. The third-order valence-electron chi connectivity index (χ3n) is 4.89. The number of benzene rings is 3. The molecule has 0 saturated carbocycles. The first-order chi connectivity index (χ1) is 15.4. The lowest BCUT2D eigenvalue weighted by atomic mass is 10.1. The van der Waals surface area contributed by atoms with Gasteiger partial charge in [0.2, 0.25) is 0 Å². The van der Waals surface area contributed by atoms with Crippen molar-refractivity contribution < 1.29 is 23.9 Å². The number of esters is 1. The number of hydrogen-bond acceptors (Lipinski definition) is 5. The van der Waals surface area contributed by atoms with Gasteiger partial charge in [-0.1, -0.05) is 35.9 Å². The van der Waals surface area contributed by atoms with E-state index in [2.05, 4.69) is 5.32 Å². The highest BCUT2D eigenvalue weighted by atomic mass is 35.5. The normalized spacial score (nSPS) is 12.5.